The molecule has 0 fully saturated rings. The molecule has 0 saturated carbocycles. The van der Waals surface area contributed by atoms with Crippen molar-refractivity contribution in [2.24, 2.45) is 12.8 Å². The third kappa shape index (κ3) is 4.48. The number of halogens is 2. The highest BCUT2D eigenvalue weighted by Gasteiger charge is 2.24. The Morgan fingerprint density at radius 3 is 2.48 bits per heavy atom. The first kappa shape index (κ1) is 26.3. The van der Waals surface area contributed by atoms with Gasteiger partial charge < -0.3 is 20.8 Å². The minimum absolute atomic E-state index is 0.0517. The van der Waals surface area contributed by atoms with Crippen molar-refractivity contribution < 1.29 is 13.9 Å². The normalized spacial score (nSPS) is 10.9. The van der Waals surface area contributed by atoms with Crippen LogP contribution in [-0.4, -0.2) is 25.4 Å². The number of aromatic nitrogens is 4. The van der Waals surface area contributed by atoms with Crippen LogP contribution in [0.3, 0.4) is 0 Å². The number of aryl methyl sites for hydroxylation is 2. The molecule has 0 aliphatic heterocycles. The van der Waals surface area contributed by atoms with Crippen LogP contribution in [0.4, 0.5) is 10.2 Å². The van der Waals surface area contributed by atoms with Crippen molar-refractivity contribution in [1.82, 2.24) is 19.5 Å². The van der Waals surface area contributed by atoms with Crippen molar-refractivity contribution in [2.45, 2.75) is 6.92 Å². The quantitative estimate of drug-likeness (QED) is 0.262. The second kappa shape index (κ2) is 10.1. The largest absolute Gasteiger partial charge is 0.421 e. The van der Waals surface area contributed by atoms with Crippen LogP contribution in [-0.2, 0) is 11.8 Å². The number of nitrogens with two attached hydrogens (primary N) is 2. The molecule has 4 N–H and O–H groups in total. The van der Waals surface area contributed by atoms with Crippen LogP contribution in [0.25, 0.3) is 38.9 Å². The number of hydrogen-bond acceptors (Lipinski definition) is 7. The summed E-state index contributed by atoms with van der Waals surface area (Å²) in [6.45, 7) is 5.41. The van der Waals surface area contributed by atoms with Gasteiger partial charge in [-0.05, 0) is 35.7 Å². The number of pyridine rings is 1. The molecule has 5 aromatic rings. The Labute approximate surface area is 233 Å². The van der Waals surface area contributed by atoms with Gasteiger partial charge in [0.1, 0.15) is 11.9 Å². The number of anilines is 1. The summed E-state index contributed by atoms with van der Waals surface area (Å²) < 4.78 is 22.8. The number of nitrogen functional groups attached to an aromatic ring is 1. The summed E-state index contributed by atoms with van der Waals surface area (Å²) in [5.41, 5.74) is 16.1. The fraction of sp³-hybridized carbons (Fsp3) is 0.0690. The van der Waals surface area contributed by atoms with E-state index in [9.17, 15) is 10.1 Å². The van der Waals surface area contributed by atoms with Gasteiger partial charge in [-0.25, -0.2) is 14.4 Å². The van der Waals surface area contributed by atoms with Crippen molar-refractivity contribution in [3.05, 3.63) is 89.1 Å². The summed E-state index contributed by atoms with van der Waals surface area (Å²) in [6, 6.07) is 13.5. The first-order chi connectivity index (χ1) is 19.1. The minimum Gasteiger partial charge on any atom is -0.421 e. The number of nitrogens with zero attached hydrogens (tertiary/aromatic N) is 5. The topological polar surface area (TPSA) is 146 Å². The molecule has 3 aromatic heterocycles. The van der Waals surface area contributed by atoms with Crippen LogP contribution < -0.4 is 16.2 Å². The standard InChI is InChI=1S/C29H21ClFN7O2/c1-14(28(34)39)16-4-6-17(7-5-16)25-23(24-26(38(25)3)19(11-32)12-35-27(24)33)18-8-9-22(21(31)10-18)40-29-36-13-20(30)15(2)37-29/h4-10,12-13H,1H2,2-3H3,(H2,33,35)(H2,34,39). The van der Waals surface area contributed by atoms with Gasteiger partial charge >= 0.3 is 6.01 Å². The van der Waals surface area contributed by atoms with E-state index in [0.29, 0.717) is 55.1 Å². The first-order valence-corrected chi connectivity index (χ1v) is 12.2. The maximum atomic E-state index is 15.4. The Kier molecular flexibility index (Phi) is 6.67. The molecule has 0 atom stereocenters. The number of primary amides is 1. The molecule has 0 saturated heterocycles. The van der Waals surface area contributed by atoms with E-state index in [1.807, 2.05) is 4.57 Å². The van der Waals surface area contributed by atoms with Crippen LogP contribution >= 0.6 is 11.6 Å². The first-order valence-electron chi connectivity index (χ1n) is 11.8. The lowest BCUT2D eigenvalue weighted by molar-refractivity contribution is -0.112. The summed E-state index contributed by atoms with van der Waals surface area (Å²) >= 11 is 5.97. The molecular weight excluding hydrogens is 533 g/mol. The summed E-state index contributed by atoms with van der Waals surface area (Å²) in [5, 5.41) is 10.7. The minimum atomic E-state index is -0.673. The molecule has 2 aromatic carbocycles. The van der Waals surface area contributed by atoms with Gasteiger partial charge in [0, 0.05) is 24.4 Å². The van der Waals surface area contributed by atoms with Crippen molar-refractivity contribution in [3.8, 4) is 40.2 Å². The summed E-state index contributed by atoms with van der Waals surface area (Å²) in [7, 11) is 1.78. The monoisotopic (exact) mass is 553 g/mol. The van der Waals surface area contributed by atoms with E-state index in [2.05, 4.69) is 27.6 Å². The van der Waals surface area contributed by atoms with E-state index in [1.54, 1.807) is 44.3 Å². The van der Waals surface area contributed by atoms with E-state index < -0.39 is 11.7 Å². The molecule has 11 heteroatoms. The molecule has 40 heavy (non-hydrogen) atoms. The highest BCUT2D eigenvalue weighted by atomic mass is 35.5. The number of ether oxygens (including phenoxy) is 1. The Morgan fingerprint density at radius 2 is 1.85 bits per heavy atom. The van der Waals surface area contributed by atoms with Gasteiger partial charge in [0.2, 0.25) is 5.91 Å². The summed E-state index contributed by atoms with van der Waals surface area (Å²) in [5.74, 6) is -1.22. The number of nitriles is 1. The molecule has 0 radical (unpaired) electrons. The maximum Gasteiger partial charge on any atom is 0.322 e. The maximum absolute atomic E-state index is 15.4. The van der Waals surface area contributed by atoms with Gasteiger partial charge in [-0.3, -0.25) is 4.79 Å². The molecule has 0 unspecified atom stereocenters. The SMILES string of the molecule is C=C(C(N)=O)c1ccc(-c2c(-c3ccc(Oc4ncc(Cl)c(C)n4)c(F)c3)c3c(N)ncc(C#N)c3n2C)cc1. The van der Waals surface area contributed by atoms with E-state index >= 15 is 4.39 Å². The number of benzene rings is 2. The molecule has 0 aliphatic rings. The fourth-order valence-corrected chi connectivity index (χ4v) is 4.59. The molecule has 5 rings (SSSR count). The number of hydrogen-bond donors (Lipinski definition) is 2. The summed E-state index contributed by atoms with van der Waals surface area (Å²) in [4.78, 5) is 23.9. The highest BCUT2D eigenvalue weighted by Crippen LogP contribution is 2.44. The Hall–Kier alpha value is -5.27. The number of rotatable bonds is 6. The zero-order chi connectivity index (χ0) is 28.7. The van der Waals surface area contributed by atoms with Crippen LogP contribution in [0.1, 0.15) is 16.8 Å². The van der Waals surface area contributed by atoms with Crippen LogP contribution in [0.15, 0.2) is 61.4 Å². The van der Waals surface area contributed by atoms with E-state index in [1.165, 1.54) is 24.5 Å². The predicted octanol–water partition coefficient (Wildman–Crippen LogP) is 5.54. The average Bonchev–Trinajstić information content (AvgIpc) is 3.25. The van der Waals surface area contributed by atoms with Gasteiger partial charge in [0.15, 0.2) is 11.6 Å². The second-order valence-corrected chi connectivity index (χ2v) is 9.34. The van der Waals surface area contributed by atoms with Gasteiger partial charge in [-0.15, -0.1) is 0 Å². The van der Waals surface area contributed by atoms with Gasteiger partial charge in [-0.1, -0.05) is 48.5 Å². The second-order valence-electron chi connectivity index (χ2n) is 8.93. The van der Waals surface area contributed by atoms with Crippen molar-refractivity contribution in [1.29, 1.82) is 5.26 Å². The Morgan fingerprint density at radius 1 is 1.15 bits per heavy atom. The molecule has 0 spiro atoms. The van der Waals surface area contributed by atoms with Gasteiger partial charge in [0.05, 0.1) is 39.1 Å². The van der Waals surface area contributed by atoms with E-state index in [0.717, 1.165) is 0 Å². The van der Waals surface area contributed by atoms with Crippen molar-refractivity contribution in [2.75, 3.05) is 5.73 Å². The van der Waals surface area contributed by atoms with Crippen LogP contribution in [0.5, 0.6) is 11.8 Å². The lowest BCUT2D eigenvalue weighted by Gasteiger charge is -2.12. The summed E-state index contributed by atoms with van der Waals surface area (Å²) in [6.07, 6.45) is 2.78. The predicted molar refractivity (Wildman–Crippen MR) is 151 cm³/mol. The number of amides is 1. The van der Waals surface area contributed by atoms with Gasteiger partial charge in [0.25, 0.3) is 0 Å². The highest BCUT2D eigenvalue weighted by molar-refractivity contribution is 6.31. The average molecular weight is 554 g/mol. The smallest absolute Gasteiger partial charge is 0.322 e. The van der Waals surface area contributed by atoms with Crippen molar-refractivity contribution in [3.63, 3.8) is 0 Å². The third-order valence-corrected chi connectivity index (χ3v) is 6.85. The van der Waals surface area contributed by atoms with E-state index in [4.69, 9.17) is 27.8 Å². The molecule has 1 amide bonds. The zero-order valence-corrected chi connectivity index (χ0v) is 22.1. The number of fused-ring (bicyclic) bond motifs is 1. The van der Waals surface area contributed by atoms with E-state index in [-0.39, 0.29) is 23.2 Å². The molecule has 3 heterocycles. The molecule has 9 nitrogen and oxygen atoms in total. The number of carbonyl (C=O) groups is 1. The Bertz CT molecular complexity index is 1890. The fourth-order valence-electron chi connectivity index (χ4n) is 4.50. The molecule has 198 valence electrons. The van der Waals surface area contributed by atoms with Crippen molar-refractivity contribution >= 4 is 39.8 Å². The number of carbonyl (C=O) groups excluding carboxylic acids is 1. The van der Waals surface area contributed by atoms with Crippen LogP contribution in [0, 0.1) is 24.1 Å². The Balaban J connectivity index is 1.70. The molecule has 0 bridgehead atoms. The zero-order valence-electron chi connectivity index (χ0n) is 21.4. The third-order valence-electron chi connectivity index (χ3n) is 6.48. The molecule has 0 aliphatic carbocycles. The molecular formula is C29H21ClFN7O2. The lowest BCUT2D eigenvalue weighted by Crippen LogP contribution is -2.11. The van der Waals surface area contributed by atoms with Crippen LogP contribution in [0.2, 0.25) is 5.02 Å². The van der Waals surface area contributed by atoms with Gasteiger partial charge in [-0.2, -0.15) is 10.2 Å². The lowest BCUT2D eigenvalue weighted by atomic mass is 9.96.